The van der Waals surface area contributed by atoms with E-state index in [0.717, 1.165) is 16.5 Å². The normalized spacial score (nSPS) is 18.9. The zero-order valence-electron chi connectivity index (χ0n) is 9.86. The molecule has 1 saturated carbocycles. The van der Waals surface area contributed by atoms with Crippen LogP contribution < -0.4 is 5.73 Å². The average Bonchev–Trinajstić information content (AvgIpc) is 2.80. The SMILES string of the molecule is C[C@@H](N)c1ccc(SCC2CCCC2)nc1. The Hall–Kier alpha value is -0.540. The molecule has 2 N–H and O–H groups in total. The summed E-state index contributed by atoms with van der Waals surface area (Å²) in [6.45, 7) is 1.99. The largest absolute Gasteiger partial charge is 0.324 e. The summed E-state index contributed by atoms with van der Waals surface area (Å²) in [5.74, 6) is 2.14. The molecule has 1 aromatic heterocycles. The maximum atomic E-state index is 5.79. The van der Waals surface area contributed by atoms with Crippen molar-refractivity contribution < 1.29 is 0 Å². The van der Waals surface area contributed by atoms with Crippen LogP contribution in [-0.4, -0.2) is 10.7 Å². The van der Waals surface area contributed by atoms with Gasteiger partial charge in [-0.05, 0) is 37.3 Å². The first-order chi connectivity index (χ1) is 7.75. The molecule has 1 fully saturated rings. The van der Waals surface area contributed by atoms with Gasteiger partial charge in [0.05, 0.1) is 5.03 Å². The summed E-state index contributed by atoms with van der Waals surface area (Å²) in [5, 5.41) is 1.14. The molecule has 3 heteroatoms. The van der Waals surface area contributed by atoms with Crippen LogP contribution in [0.15, 0.2) is 23.4 Å². The maximum Gasteiger partial charge on any atom is 0.0960 e. The summed E-state index contributed by atoms with van der Waals surface area (Å²) >= 11 is 1.89. The van der Waals surface area contributed by atoms with Crippen molar-refractivity contribution in [3.05, 3.63) is 23.9 Å². The lowest BCUT2D eigenvalue weighted by Gasteiger charge is -2.09. The number of aromatic nitrogens is 1. The highest BCUT2D eigenvalue weighted by molar-refractivity contribution is 7.99. The third-order valence-electron chi connectivity index (χ3n) is 3.23. The summed E-state index contributed by atoms with van der Waals surface area (Å²) in [6, 6.07) is 4.27. The van der Waals surface area contributed by atoms with E-state index in [1.165, 1.54) is 31.4 Å². The highest BCUT2D eigenvalue weighted by atomic mass is 32.2. The van der Waals surface area contributed by atoms with E-state index in [-0.39, 0.29) is 6.04 Å². The first-order valence-corrected chi connectivity index (χ1v) is 7.08. The van der Waals surface area contributed by atoms with Crippen molar-refractivity contribution in [2.45, 2.75) is 43.7 Å². The lowest BCUT2D eigenvalue weighted by Crippen LogP contribution is -2.05. The van der Waals surface area contributed by atoms with Crippen molar-refractivity contribution in [2.24, 2.45) is 11.7 Å². The van der Waals surface area contributed by atoms with Crippen LogP contribution >= 0.6 is 11.8 Å². The second kappa shape index (κ2) is 5.69. The molecule has 0 aliphatic heterocycles. The molecule has 0 spiro atoms. The fourth-order valence-corrected chi connectivity index (χ4v) is 3.16. The van der Waals surface area contributed by atoms with Gasteiger partial charge in [-0.1, -0.05) is 18.9 Å². The van der Waals surface area contributed by atoms with Gasteiger partial charge in [-0.2, -0.15) is 0 Å². The topological polar surface area (TPSA) is 38.9 Å². The number of hydrogen-bond donors (Lipinski definition) is 1. The van der Waals surface area contributed by atoms with Gasteiger partial charge >= 0.3 is 0 Å². The van der Waals surface area contributed by atoms with Gasteiger partial charge < -0.3 is 5.73 Å². The fraction of sp³-hybridized carbons (Fsp3) is 0.615. The van der Waals surface area contributed by atoms with E-state index in [1.807, 2.05) is 24.9 Å². The Labute approximate surface area is 102 Å². The molecule has 0 amide bonds. The van der Waals surface area contributed by atoms with Crippen molar-refractivity contribution in [2.75, 3.05) is 5.75 Å². The van der Waals surface area contributed by atoms with Crippen molar-refractivity contribution in [3.63, 3.8) is 0 Å². The smallest absolute Gasteiger partial charge is 0.0960 e. The highest BCUT2D eigenvalue weighted by Crippen LogP contribution is 2.30. The number of hydrogen-bond acceptors (Lipinski definition) is 3. The minimum Gasteiger partial charge on any atom is -0.324 e. The Kier molecular flexibility index (Phi) is 4.24. The van der Waals surface area contributed by atoms with Crippen LogP contribution in [0.5, 0.6) is 0 Å². The average molecular weight is 236 g/mol. The lowest BCUT2D eigenvalue weighted by molar-refractivity contribution is 0.623. The van der Waals surface area contributed by atoms with E-state index >= 15 is 0 Å². The summed E-state index contributed by atoms with van der Waals surface area (Å²) < 4.78 is 0. The van der Waals surface area contributed by atoms with Crippen LogP contribution in [0.2, 0.25) is 0 Å². The van der Waals surface area contributed by atoms with Crippen LogP contribution in [-0.2, 0) is 0 Å². The Morgan fingerprint density at radius 1 is 1.44 bits per heavy atom. The number of pyridine rings is 1. The van der Waals surface area contributed by atoms with Gasteiger partial charge in [0.25, 0.3) is 0 Å². The Morgan fingerprint density at radius 3 is 2.75 bits per heavy atom. The van der Waals surface area contributed by atoms with Gasteiger partial charge in [-0.25, -0.2) is 4.98 Å². The molecule has 2 nitrogen and oxygen atoms in total. The van der Waals surface area contributed by atoms with E-state index in [1.54, 1.807) is 0 Å². The van der Waals surface area contributed by atoms with Crippen molar-refractivity contribution >= 4 is 11.8 Å². The molecule has 0 unspecified atom stereocenters. The fourth-order valence-electron chi connectivity index (χ4n) is 2.13. The molecule has 0 radical (unpaired) electrons. The number of nitrogens with two attached hydrogens (primary N) is 1. The lowest BCUT2D eigenvalue weighted by atomic mass is 10.1. The Balaban J connectivity index is 1.84. The number of thioether (sulfide) groups is 1. The predicted octanol–water partition coefficient (Wildman–Crippen LogP) is 3.38. The van der Waals surface area contributed by atoms with Gasteiger partial charge in [0, 0.05) is 18.0 Å². The molecule has 1 aromatic rings. The zero-order valence-corrected chi connectivity index (χ0v) is 10.7. The van der Waals surface area contributed by atoms with Gasteiger partial charge in [-0.3, -0.25) is 0 Å². The number of rotatable bonds is 4. The first kappa shape index (κ1) is 11.9. The highest BCUT2D eigenvalue weighted by Gasteiger charge is 2.15. The molecule has 1 aliphatic carbocycles. The third kappa shape index (κ3) is 3.22. The Morgan fingerprint density at radius 2 is 2.19 bits per heavy atom. The van der Waals surface area contributed by atoms with Crippen LogP contribution in [0.3, 0.4) is 0 Å². The van der Waals surface area contributed by atoms with Crippen LogP contribution in [0.25, 0.3) is 0 Å². The molecule has 0 bridgehead atoms. The maximum absolute atomic E-state index is 5.79. The van der Waals surface area contributed by atoms with Gasteiger partial charge in [0.1, 0.15) is 0 Å². The standard InChI is InChI=1S/C13H20N2S/c1-10(14)12-6-7-13(15-8-12)16-9-11-4-2-3-5-11/h6-8,10-11H,2-5,9,14H2,1H3/t10-/m1/s1. The first-order valence-electron chi connectivity index (χ1n) is 6.10. The minimum absolute atomic E-state index is 0.0846. The second-order valence-corrected chi connectivity index (χ2v) is 5.72. The zero-order chi connectivity index (χ0) is 11.4. The molecule has 0 saturated heterocycles. The van der Waals surface area contributed by atoms with Crippen LogP contribution in [0.1, 0.15) is 44.2 Å². The molecule has 1 heterocycles. The molecule has 0 aromatic carbocycles. The quantitative estimate of drug-likeness (QED) is 0.814. The molecular formula is C13H20N2S. The van der Waals surface area contributed by atoms with E-state index in [9.17, 15) is 0 Å². The third-order valence-corrected chi connectivity index (χ3v) is 4.40. The van der Waals surface area contributed by atoms with Crippen molar-refractivity contribution in [1.82, 2.24) is 4.98 Å². The number of nitrogens with zero attached hydrogens (tertiary/aromatic N) is 1. The molecular weight excluding hydrogens is 216 g/mol. The van der Waals surface area contributed by atoms with Crippen molar-refractivity contribution in [1.29, 1.82) is 0 Å². The van der Waals surface area contributed by atoms with Gasteiger partial charge in [-0.15, -0.1) is 11.8 Å². The summed E-state index contributed by atoms with van der Waals surface area (Å²) in [6.07, 6.45) is 7.56. The van der Waals surface area contributed by atoms with E-state index in [0.29, 0.717) is 0 Å². The second-order valence-electron chi connectivity index (χ2n) is 4.68. The molecule has 1 aliphatic rings. The van der Waals surface area contributed by atoms with E-state index in [4.69, 9.17) is 5.73 Å². The molecule has 88 valence electrons. The van der Waals surface area contributed by atoms with Crippen LogP contribution in [0, 0.1) is 5.92 Å². The molecule has 1 atom stereocenters. The van der Waals surface area contributed by atoms with Gasteiger partial charge in [0.2, 0.25) is 0 Å². The monoisotopic (exact) mass is 236 g/mol. The summed E-state index contributed by atoms with van der Waals surface area (Å²) in [7, 11) is 0. The predicted molar refractivity (Wildman–Crippen MR) is 69.5 cm³/mol. The molecule has 16 heavy (non-hydrogen) atoms. The Bertz CT molecular complexity index is 315. The van der Waals surface area contributed by atoms with Gasteiger partial charge in [0.15, 0.2) is 0 Å². The van der Waals surface area contributed by atoms with E-state index < -0.39 is 0 Å². The van der Waals surface area contributed by atoms with Crippen molar-refractivity contribution in [3.8, 4) is 0 Å². The van der Waals surface area contributed by atoms with E-state index in [2.05, 4.69) is 17.1 Å². The minimum atomic E-state index is 0.0846. The van der Waals surface area contributed by atoms with Crippen LogP contribution in [0.4, 0.5) is 0 Å². The molecule has 2 rings (SSSR count). The summed E-state index contributed by atoms with van der Waals surface area (Å²) in [5.41, 5.74) is 6.91. The summed E-state index contributed by atoms with van der Waals surface area (Å²) in [4.78, 5) is 4.44.